The number of nitrogens with one attached hydrogen (secondary N) is 1. The molecule has 4 heterocycles. The summed E-state index contributed by atoms with van der Waals surface area (Å²) in [5.74, 6) is 3.26. The molecule has 1 aliphatic heterocycles. The Morgan fingerprint density at radius 3 is 3.16 bits per heavy atom. The van der Waals surface area contributed by atoms with Crippen molar-refractivity contribution in [3.8, 4) is 10.6 Å². The number of H-pyrrole nitrogens is 1. The fraction of sp³-hybridized carbons (Fsp3) is 0.368. The summed E-state index contributed by atoms with van der Waals surface area (Å²) in [7, 11) is 0. The van der Waals surface area contributed by atoms with Gasteiger partial charge in [-0.1, -0.05) is 6.07 Å². The van der Waals surface area contributed by atoms with Gasteiger partial charge in [0.05, 0.1) is 4.88 Å². The van der Waals surface area contributed by atoms with E-state index in [1.165, 1.54) is 0 Å². The third-order valence-corrected chi connectivity index (χ3v) is 5.58. The number of likely N-dealkylation sites (tertiary alicyclic amines) is 1. The predicted molar refractivity (Wildman–Crippen MR) is 97.5 cm³/mol. The minimum atomic E-state index is 0.199. The standard InChI is InChI=1S/C19H21N3O2S/c23-18(22-11-1-3-14(13-22)19-20-9-10-21-19)8-6-15-5-7-16(24-15)17-4-2-12-25-17/h2,4-5,7,9-10,12,14H,1,3,6,8,11,13H2,(H,20,21). The molecule has 5 nitrogen and oxygen atoms in total. The van der Waals surface area contributed by atoms with Gasteiger partial charge in [0, 0.05) is 44.2 Å². The molecule has 25 heavy (non-hydrogen) atoms. The lowest BCUT2D eigenvalue weighted by Crippen LogP contribution is -2.39. The maximum absolute atomic E-state index is 12.6. The molecule has 130 valence electrons. The zero-order chi connectivity index (χ0) is 17.1. The number of thiophene rings is 1. The molecular weight excluding hydrogens is 334 g/mol. The normalized spacial score (nSPS) is 17.8. The molecule has 3 aromatic rings. The molecule has 1 unspecified atom stereocenters. The Hall–Kier alpha value is -2.34. The molecule has 3 aromatic heterocycles. The van der Waals surface area contributed by atoms with E-state index in [1.54, 1.807) is 17.5 Å². The van der Waals surface area contributed by atoms with E-state index in [0.29, 0.717) is 18.8 Å². The van der Waals surface area contributed by atoms with Gasteiger partial charge < -0.3 is 14.3 Å². The van der Waals surface area contributed by atoms with Gasteiger partial charge in [0.2, 0.25) is 5.91 Å². The first-order valence-corrected chi connectivity index (χ1v) is 9.57. The zero-order valence-electron chi connectivity index (χ0n) is 14.0. The van der Waals surface area contributed by atoms with Crippen molar-refractivity contribution in [3.05, 3.63) is 53.6 Å². The highest BCUT2D eigenvalue weighted by molar-refractivity contribution is 7.13. The van der Waals surface area contributed by atoms with Crippen molar-refractivity contribution in [2.75, 3.05) is 13.1 Å². The minimum absolute atomic E-state index is 0.199. The summed E-state index contributed by atoms with van der Waals surface area (Å²) in [6.07, 6.45) is 6.87. The molecule has 0 aliphatic carbocycles. The van der Waals surface area contributed by atoms with E-state index in [-0.39, 0.29) is 5.91 Å². The van der Waals surface area contributed by atoms with Crippen molar-refractivity contribution in [1.82, 2.24) is 14.9 Å². The van der Waals surface area contributed by atoms with Crippen LogP contribution in [-0.4, -0.2) is 33.9 Å². The number of imidazole rings is 1. The molecular formula is C19H21N3O2S. The van der Waals surface area contributed by atoms with Crippen LogP contribution in [0.25, 0.3) is 10.6 Å². The highest BCUT2D eigenvalue weighted by Gasteiger charge is 2.26. The van der Waals surface area contributed by atoms with Crippen molar-refractivity contribution in [1.29, 1.82) is 0 Å². The summed E-state index contributed by atoms with van der Waals surface area (Å²) in [5.41, 5.74) is 0. The van der Waals surface area contributed by atoms with Crippen LogP contribution in [0.2, 0.25) is 0 Å². The molecule has 1 N–H and O–H groups in total. The van der Waals surface area contributed by atoms with Gasteiger partial charge in [0.25, 0.3) is 0 Å². The van der Waals surface area contributed by atoms with Crippen molar-refractivity contribution in [2.24, 2.45) is 0 Å². The number of amides is 1. The number of hydrogen-bond donors (Lipinski definition) is 1. The van der Waals surface area contributed by atoms with Crippen molar-refractivity contribution < 1.29 is 9.21 Å². The fourth-order valence-corrected chi connectivity index (χ4v) is 4.07. The molecule has 0 bridgehead atoms. The lowest BCUT2D eigenvalue weighted by molar-refractivity contribution is -0.132. The summed E-state index contributed by atoms with van der Waals surface area (Å²) in [5, 5.41) is 2.03. The lowest BCUT2D eigenvalue weighted by Gasteiger charge is -2.31. The Bertz CT molecular complexity index is 808. The number of aryl methyl sites for hydroxylation is 1. The second-order valence-electron chi connectivity index (χ2n) is 6.40. The maximum atomic E-state index is 12.6. The van der Waals surface area contributed by atoms with Crippen LogP contribution in [0.4, 0.5) is 0 Å². The quantitative estimate of drug-likeness (QED) is 0.750. The number of carbonyl (C=O) groups is 1. The Kier molecular flexibility index (Phi) is 4.70. The highest BCUT2D eigenvalue weighted by atomic mass is 32.1. The molecule has 6 heteroatoms. The molecule has 0 radical (unpaired) electrons. The third-order valence-electron chi connectivity index (χ3n) is 4.69. The van der Waals surface area contributed by atoms with Gasteiger partial charge in [0.1, 0.15) is 17.3 Å². The zero-order valence-corrected chi connectivity index (χ0v) is 14.8. The topological polar surface area (TPSA) is 62.1 Å². The predicted octanol–water partition coefficient (Wildman–Crippen LogP) is 4.07. The van der Waals surface area contributed by atoms with E-state index >= 15 is 0 Å². The van der Waals surface area contributed by atoms with E-state index in [0.717, 1.165) is 48.2 Å². The van der Waals surface area contributed by atoms with Crippen molar-refractivity contribution in [2.45, 2.75) is 31.6 Å². The molecule has 1 amide bonds. The number of hydrogen-bond acceptors (Lipinski definition) is 4. The maximum Gasteiger partial charge on any atom is 0.223 e. The van der Waals surface area contributed by atoms with Gasteiger partial charge in [0.15, 0.2) is 0 Å². The SMILES string of the molecule is O=C(CCc1ccc(-c2cccs2)o1)N1CCCC(c2ncc[nH]2)C1. The van der Waals surface area contributed by atoms with Crippen LogP contribution in [0.5, 0.6) is 0 Å². The first kappa shape index (κ1) is 16.1. The van der Waals surface area contributed by atoms with Crippen molar-refractivity contribution in [3.63, 3.8) is 0 Å². The minimum Gasteiger partial charge on any atom is -0.460 e. The molecule has 4 rings (SSSR count). The van der Waals surface area contributed by atoms with Gasteiger partial charge in [-0.15, -0.1) is 11.3 Å². The van der Waals surface area contributed by atoms with E-state index in [4.69, 9.17) is 4.42 Å². The first-order chi connectivity index (χ1) is 12.3. The van der Waals surface area contributed by atoms with Crippen LogP contribution in [0.1, 0.15) is 36.8 Å². The van der Waals surface area contributed by atoms with Gasteiger partial charge in [-0.2, -0.15) is 0 Å². The number of nitrogens with zero attached hydrogens (tertiary/aromatic N) is 2. The van der Waals surface area contributed by atoms with Gasteiger partial charge in [-0.3, -0.25) is 4.79 Å². The van der Waals surface area contributed by atoms with Crippen LogP contribution >= 0.6 is 11.3 Å². The molecule has 1 fully saturated rings. The van der Waals surface area contributed by atoms with Crippen LogP contribution in [0.15, 0.2) is 46.5 Å². The van der Waals surface area contributed by atoms with Gasteiger partial charge >= 0.3 is 0 Å². The average Bonchev–Trinajstić information content (AvgIpc) is 3.42. The third kappa shape index (κ3) is 3.69. The molecule has 0 saturated carbocycles. The number of aromatic nitrogens is 2. The Morgan fingerprint density at radius 2 is 2.36 bits per heavy atom. The summed E-state index contributed by atoms with van der Waals surface area (Å²) < 4.78 is 5.87. The average molecular weight is 355 g/mol. The Labute approximate surface area is 150 Å². The van der Waals surface area contributed by atoms with Crippen LogP contribution in [-0.2, 0) is 11.2 Å². The smallest absolute Gasteiger partial charge is 0.223 e. The first-order valence-electron chi connectivity index (χ1n) is 8.69. The van der Waals surface area contributed by atoms with E-state index < -0.39 is 0 Å². The Balaban J connectivity index is 1.33. The number of rotatable bonds is 5. The number of furan rings is 1. The van der Waals surface area contributed by atoms with E-state index in [1.807, 2.05) is 40.7 Å². The second-order valence-corrected chi connectivity index (χ2v) is 7.34. The van der Waals surface area contributed by atoms with Crippen LogP contribution < -0.4 is 0 Å². The molecule has 0 aromatic carbocycles. The van der Waals surface area contributed by atoms with Crippen molar-refractivity contribution >= 4 is 17.2 Å². The number of carbonyl (C=O) groups excluding carboxylic acids is 1. The molecule has 1 saturated heterocycles. The molecule has 0 spiro atoms. The number of aromatic amines is 1. The fourth-order valence-electron chi connectivity index (χ4n) is 3.38. The molecule has 1 aliphatic rings. The lowest BCUT2D eigenvalue weighted by atomic mass is 9.97. The van der Waals surface area contributed by atoms with Crippen LogP contribution in [0, 0.1) is 0 Å². The van der Waals surface area contributed by atoms with E-state index in [2.05, 4.69) is 9.97 Å². The summed E-state index contributed by atoms with van der Waals surface area (Å²) in [4.78, 5) is 23.2. The summed E-state index contributed by atoms with van der Waals surface area (Å²) in [6.45, 7) is 1.60. The summed E-state index contributed by atoms with van der Waals surface area (Å²) in [6, 6.07) is 8.02. The Morgan fingerprint density at radius 1 is 1.40 bits per heavy atom. The highest BCUT2D eigenvalue weighted by Crippen LogP contribution is 2.28. The van der Waals surface area contributed by atoms with E-state index in [9.17, 15) is 4.79 Å². The molecule has 1 atom stereocenters. The van der Waals surface area contributed by atoms with Crippen LogP contribution in [0.3, 0.4) is 0 Å². The van der Waals surface area contributed by atoms with Gasteiger partial charge in [-0.25, -0.2) is 4.98 Å². The monoisotopic (exact) mass is 355 g/mol. The largest absolute Gasteiger partial charge is 0.460 e. The van der Waals surface area contributed by atoms with Gasteiger partial charge in [-0.05, 0) is 36.4 Å². The summed E-state index contributed by atoms with van der Waals surface area (Å²) >= 11 is 1.66. The number of piperidine rings is 1. The second kappa shape index (κ2) is 7.27.